The van der Waals surface area contributed by atoms with E-state index in [1.807, 2.05) is 31.2 Å². The van der Waals surface area contributed by atoms with E-state index in [4.69, 9.17) is 9.47 Å². The lowest BCUT2D eigenvalue weighted by molar-refractivity contribution is -0.948. The molecule has 0 fully saturated rings. The molecule has 1 amide bonds. The predicted octanol–water partition coefficient (Wildman–Crippen LogP) is 2.44. The molecule has 1 aliphatic rings. The first-order valence-electron chi connectivity index (χ1n) is 10.1. The smallest absolute Gasteiger partial charge is 0.220 e. The number of quaternary nitrogens is 1. The Morgan fingerprint density at radius 1 is 1.21 bits per heavy atom. The van der Waals surface area contributed by atoms with Crippen LogP contribution in [0.1, 0.15) is 43.0 Å². The van der Waals surface area contributed by atoms with Crippen molar-refractivity contribution in [2.45, 2.75) is 45.3 Å². The van der Waals surface area contributed by atoms with E-state index in [0.717, 1.165) is 36.4 Å². The van der Waals surface area contributed by atoms with Crippen molar-refractivity contribution in [1.29, 1.82) is 0 Å². The largest absolute Gasteiger partial charge is 0.493 e. The van der Waals surface area contributed by atoms with Crippen molar-refractivity contribution < 1.29 is 23.6 Å². The van der Waals surface area contributed by atoms with E-state index in [0.29, 0.717) is 12.2 Å². The maximum absolute atomic E-state index is 13.3. The van der Waals surface area contributed by atoms with Crippen molar-refractivity contribution in [3.05, 3.63) is 58.9 Å². The highest BCUT2D eigenvalue weighted by Gasteiger charge is 2.37. The van der Waals surface area contributed by atoms with Gasteiger partial charge in [-0.15, -0.1) is 0 Å². The number of methoxy groups -OCH3 is 2. The van der Waals surface area contributed by atoms with E-state index >= 15 is 0 Å². The van der Waals surface area contributed by atoms with Crippen LogP contribution >= 0.6 is 0 Å². The zero-order valence-electron chi connectivity index (χ0n) is 17.5. The molecule has 2 aromatic carbocycles. The molecule has 1 aliphatic heterocycles. The Morgan fingerprint density at radius 2 is 1.86 bits per heavy atom. The summed E-state index contributed by atoms with van der Waals surface area (Å²) in [5.74, 6) is 1.21. The van der Waals surface area contributed by atoms with E-state index in [2.05, 4.69) is 12.2 Å². The summed E-state index contributed by atoms with van der Waals surface area (Å²) >= 11 is 0. The number of hydrogen-bond donors (Lipinski definition) is 2. The Labute approximate surface area is 171 Å². The van der Waals surface area contributed by atoms with Crippen molar-refractivity contribution in [1.82, 2.24) is 5.32 Å². The van der Waals surface area contributed by atoms with Gasteiger partial charge in [-0.25, -0.2) is 4.39 Å². The lowest BCUT2D eigenvalue weighted by Crippen LogP contribution is -3.13. The van der Waals surface area contributed by atoms with Crippen LogP contribution in [0.25, 0.3) is 0 Å². The standard InChI is InChI=1S/C23H29FN2O3/c1-5-22(27)25-15(2)23-19-13-21(29-4)20(28-3)12-17(19)10-11-26(23)14-16-6-8-18(24)9-7-16/h6-9,12-13,15,23H,5,10-11,14H2,1-4H3,(H,25,27)/p+1/t15-,23+/m0/s1. The minimum atomic E-state index is -0.232. The number of benzene rings is 2. The fourth-order valence-corrected chi connectivity index (χ4v) is 4.24. The minimum Gasteiger partial charge on any atom is -0.493 e. The summed E-state index contributed by atoms with van der Waals surface area (Å²) in [6, 6.07) is 10.7. The Kier molecular flexibility index (Phi) is 6.75. The zero-order chi connectivity index (χ0) is 21.0. The number of hydrogen-bond acceptors (Lipinski definition) is 3. The van der Waals surface area contributed by atoms with Crippen molar-refractivity contribution in [2.24, 2.45) is 0 Å². The molecular weight excluding hydrogens is 371 g/mol. The average molecular weight is 402 g/mol. The first-order valence-corrected chi connectivity index (χ1v) is 10.1. The van der Waals surface area contributed by atoms with Gasteiger partial charge < -0.3 is 19.7 Å². The number of fused-ring (bicyclic) bond motifs is 1. The van der Waals surface area contributed by atoms with E-state index in [1.54, 1.807) is 14.2 Å². The topological polar surface area (TPSA) is 52.0 Å². The Hall–Kier alpha value is -2.60. The second-order valence-electron chi connectivity index (χ2n) is 7.55. The average Bonchev–Trinajstić information content (AvgIpc) is 2.73. The second kappa shape index (κ2) is 9.27. The number of carbonyl (C=O) groups is 1. The summed E-state index contributed by atoms with van der Waals surface area (Å²) in [7, 11) is 3.27. The van der Waals surface area contributed by atoms with Gasteiger partial charge in [-0.05, 0) is 36.8 Å². The van der Waals surface area contributed by atoms with E-state index in [1.165, 1.54) is 22.6 Å². The molecule has 0 saturated heterocycles. The van der Waals surface area contributed by atoms with Crippen LogP contribution in [0.15, 0.2) is 36.4 Å². The Balaban J connectivity index is 1.98. The molecule has 6 heteroatoms. The quantitative estimate of drug-likeness (QED) is 0.749. The number of rotatable bonds is 7. The van der Waals surface area contributed by atoms with Gasteiger partial charge in [-0.1, -0.05) is 19.1 Å². The molecule has 3 atom stereocenters. The van der Waals surface area contributed by atoms with Crippen LogP contribution < -0.4 is 19.7 Å². The molecule has 2 aromatic rings. The highest BCUT2D eigenvalue weighted by atomic mass is 19.1. The van der Waals surface area contributed by atoms with Gasteiger partial charge in [0.05, 0.1) is 26.8 Å². The molecule has 0 bridgehead atoms. The summed E-state index contributed by atoms with van der Waals surface area (Å²) in [6.45, 7) is 5.57. The van der Waals surface area contributed by atoms with Crippen LogP contribution in [0.3, 0.4) is 0 Å². The fourth-order valence-electron chi connectivity index (χ4n) is 4.24. The van der Waals surface area contributed by atoms with Crippen molar-refractivity contribution in [3.8, 4) is 11.5 Å². The molecule has 0 aliphatic carbocycles. The highest BCUT2D eigenvalue weighted by Crippen LogP contribution is 2.35. The van der Waals surface area contributed by atoms with Gasteiger partial charge in [-0.3, -0.25) is 4.79 Å². The first-order chi connectivity index (χ1) is 14.0. The van der Waals surface area contributed by atoms with Crippen molar-refractivity contribution >= 4 is 5.91 Å². The van der Waals surface area contributed by atoms with Gasteiger partial charge in [0, 0.05) is 24.0 Å². The third kappa shape index (κ3) is 4.70. The van der Waals surface area contributed by atoms with Gasteiger partial charge in [0.25, 0.3) is 0 Å². The van der Waals surface area contributed by atoms with Crippen LogP contribution in [-0.2, 0) is 17.8 Å². The number of nitrogens with one attached hydrogen (secondary N) is 2. The minimum absolute atomic E-state index is 0.0335. The van der Waals surface area contributed by atoms with E-state index in [9.17, 15) is 9.18 Å². The number of halogens is 1. The van der Waals surface area contributed by atoms with Crippen LogP contribution in [0.4, 0.5) is 4.39 Å². The fraction of sp³-hybridized carbons (Fsp3) is 0.435. The van der Waals surface area contributed by atoms with Crippen LogP contribution in [0.2, 0.25) is 0 Å². The van der Waals surface area contributed by atoms with Gasteiger partial charge in [-0.2, -0.15) is 0 Å². The molecule has 1 unspecified atom stereocenters. The Bertz CT molecular complexity index is 854. The molecule has 0 saturated carbocycles. The molecule has 0 spiro atoms. The third-order valence-corrected chi connectivity index (χ3v) is 5.69. The van der Waals surface area contributed by atoms with Gasteiger partial charge in [0.2, 0.25) is 5.91 Å². The molecule has 0 aromatic heterocycles. The van der Waals surface area contributed by atoms with Crippen LogP contribution in [-0.4, -0.2) is 32.7 Å². The van der Waals surface area contributed by atoms with Crippen LogP contribution in [0.5, 0.6) is 11.5 Å². The number of carbonyl (C=O) groups excluding carboxylic acids is 1. The SMILES string of the molecule is CCC(=O)N[C@@H](C)[C@@H]1c2cc(OC)c(OC)cc2CC[NH+]1Cc1ccc(F)cc1. The lowest BCUT2D eigenvalue weighted by Gasteiger charge is -2.38. The first kappa shape index (κ1) is 21.1. The second-order valence-corrected chi connectivity index (χ2v) is 7.55. The molecule has 1 heterocycles. The monoisotopic (exact) mass is 401 g/mol. The van der Waals surface area contributed by atoms with Gasteiger partial charge in [0.15, 0.2) is 11.5 Å². The zero-order valence-corrected chi connectivity index (χ0v) is 17.5. The molecule has 2 N–H and O–H groups in total. The van der Waals surface area contributed by atoms with Gasteiger partial charge >= 0.3 is 0 Å². The Morgan fingerprint density at radius 3 is 2.48 bits per heavy atom. The third-order valence-electron chi connectivity index (χ3n) is 5.69. The molecule has 3 rings (SSSR count). The van der Waals surface area contributed by atoms with E-state index < -0.39 is 0 Å². The van der Waals surface area contributed by atoms with Gasteiger partial charge in [0.1, 0.15) is 18.4 Å². The van der Waals surface area contributed by atoms with E-state index in [-0.39, 0.29) is 23.8 Å². The maximum atomic E-state index is 13.3. The van der Waals surface area contributed by atoms with Crippen molar-refractivity contribution in [2.75, 3.05) is 20.8 Å². The number of amides is 1. The summed E-state index contributed by atoms with van der Waals surface area (Å²) in [6.07, 6.45) is 1.35. The summed E-state index contributed by atoms with van der Waals surface area (Å²) in [4.78, 5) is 13.4. The number of ether oxygens (including phenoxy) is 2. The summed E-state index contributed by atoms with van der Waals surface area (Å²) < 4.78 is 24.3. The van der Waals surface area contributed by atoms with Crippen LogP contribution in [0, 0.1) is 5.82 Å². The maximum Gasteiger partial charge on any atom is 0.220 e. The predicted molar refractivity (Wildman–Crippen MR) is 110 cm³/mol. The van der Waals surface area contributed by atoms with Crippen molar-refractivity contribution in [3.63, 3.8) is 0 Å². The lowest BCUT2D eigenvalue weighted by atomic mass is 9.87. The summed E-state index contributed by atoms with van der Waals surface area (Å²) in [5, 5.41) is 3.14. The molecule has 156 valence electrons. The summed E-state index contributed by atoms with van der Waals surface area (Å²) in [5.41, 5.74) is 3.45. The molecule has 5 nitrogen and oxygen atoms in total. The molecular formula is C23H30FN2O3+. The molecule has 0 radical (unpaired) electrons. The molecule has 29 heavy (non-hydrogen) atoms. The highest BCUT2D eigenvalue weighted by molar-refractivity contribution is 5.75. The normalized spacial score (nSPS) is 19.2.